The quantitative estimate of drug-likeness (QED) is 0.0800. The number of nitrogens with one attached hydrogen (secondary N) is 2. The molecule has 2 aliphatic rings. The minimum absolute atomic E-state index is 0.0266. The van der Waals surface area contributed by atoms with Crippen LogP contribution < -0.4 is 21.5 Å². The van der Waals surface area contributed by atoms with Crippen LogP contribution in [0.25, 0.3) is 0 Å². The molecule has 1 unspecified atom stereocenters. The van der Waals surface area contributed by atoms with Crippen molar-refractivity contribution in [2.45, 2.75) is 17.8 Å². The monoisotopic (exact) mass is 479 g/mol. The number of carbonyl (C=O) groups excluding carboxylic acids is 2. The van der Waals surface area contributed by atoms with E-state index in [1.165, 1.54) is 21.8 Å². The molecule has 14 nitrogen and oxygen atoms in total. The first-order valence-electron chi connectivity index (χ1n) is 9.02. The van der Waals surface area contributed by atoms with Crippen LogP contribution in [0.2, 0.25) is 0 Å². The van der Waals surface area contributed by atoms with Crippen LogP contribution in [0.4, 0.5) is 5.13 Å². The number of amides is 2. The molecule has 0 bridgehead atoms. The van der Waals surface area contributed by atoms with Crippen LogP contribution in [0.5, 0.6) is 5.88 Å². The van der Waals surface area contributed by atoms with E-state index in [9.17, 15) is 13.8 Å². The minimum atomic E-state index is -1.45. The first-order valence-corrected chi connectivity index (χ1v) is 11.0. The van der Waals surface area contributed by atoms with Gasteiger partial charge in [0.15, 0.2) is 33.3 Å². The van der Waals surface area contributed by atoms with E-state index in [-0.39, 0.29) is 47.2 Å². The van der Waals surface area contributed by atoms with E-state index in [0.717, 1.165) is 11.3 Å². The average Bonchev–Trinajstić information content (AvgIpc) is 3.02. The first kappa shape index (κ1) is 21.6. The van der Waals surface area contributed by atoms with Gasteiger partial charge in [-0.1, -0.05) is 5.16 Å². The summed E-state index contributed by atoms with van der Waals surface area (Å²) in [6.07, 6.45) is 0. The van der Waals surface area contributed by atoms with Gasteiger partial charge in [-0.3, -0.25) is 15.0 Å². The first-order chi connectivity index (χ1) is 15.2. The molecule has 2 fully saturated rings. The molecule has 168 valence electrons. The van der Waals surface area contributed by atoms with Crippen molar-refractivity contribution in [3.05, 3.63) is 28.9 Å². The molecule has 2 aromatic rings. The van der Waals surface area contributed by atoms with Crippen LogP contribution in [0.1, 0.15) is 18.3 Å². The molecule has 0 aliphatic carbocycles. The maximum absolute atomic E-state index is 12.7. The Bertz CT molecular complexity index is 1150. The van der Waals surface area contributed by atoms with Crippen molar-refractivity contribution in [1.82, 2.24) is 24.8 Å². The van der Waals surface area contributed by atoms with Gasteiger partial charge < -0.3 is 26.4 Å². The average molecular weight is 480 g/mol. The molecule has 0 radical (unpaired) electrons. The van der Waals surface area contributed by atoms with Gasteiger partial charge in [0.25, 0.3) is 11.8 Å². The summed E-state index contributed by atoms with van der Waals surface area (Å²) in [5.74, 6) is -1.17. The fourth-order valence-electron chi connectivity index (χ4n) is 2.89. The summed E-state index contributed by atoms with van der Waals surface area (Å²) in [4.78, 5) is 33.0. The standard InChI is InChI=1S/C16H17N9O5S2/c1-16-11(14(27)25(16)32(16)28)21-13(26)10(8-6-31-15(19)20-8)24-30-5-4-29-9-3-2-7(12(17)18)22-23-9/h2-3,6,11H,4-5H2,1H3,(H3,17,18)(H2,19,20)(H,21,26)/b24-10-/t11-,16-,25?,32?/m0/s1. The van der Waals surface area contributed by atoms with E-state index < -0.39 is 33.7 Å². The summed E-state index contributed by atoms with van der Waals surface area (Å²) in [5, 5.41) is 22.8. The highest BCUT2D eigenvalue weighted by atomic mass is 32.2. The van der Waals surface area contributed by atoms with Gasteiger partial charge in [0.1, 0.15) is 29.9 Å². The molecule has 32 heavy (non-hydrogen) atoms. The lowest BCUT2D eigenvalue weighted by molar-refractivity contribution is -0.139. The van der Waals surface area contributed by atoms with Crippen LogP contribution in [0, 0.1) is 5.41 Å². The lowest BCUT2D eigenvalue weighted by Gasteiger charge is -2.29. The number of rotatable bonds is 9. The maximum atomic E-state index is 12.7. The van der Waals surface area contributed by atoms with Crippen molar-refractivity contribution >= 4 is 50.8 Å². The number of nitrogens with zero attached hydrogens (tertiary/aromatic N) is 5. The van der Waals surface area contributed by atoms with Gasteiger partial charge in [-0.25, -0.2) is 13.5 Å². The number of hydrogen-bond donors (Lipinski definition) is 4. The predicted molar refractivity (Wildman–Crippen MR) is 113 cm³/mol. The van der Waals surface area contributed by atoms with E-state index in [0.29, 0.717) is 0 Å². The van der Waals surface area contributed by atoms with Crippen molar-refractivity contribution in [2.75, 3.05) is 18.9 Å². The van der Waals surface area contributed by atoms with Gasteiger partial charge in [-0.2, -0.15) is 0 Å². The third-order valence-corrected chi connectivity index (χ3v) is 7.14. The van der Waals surface area contributed by atoms with Gasteiger partial charge in [0, 0.05) is 11.4 Å². The number of thiazole rings is 1. The largest absolute Gasteiger partial charge is 0.473 e. The maximum Gasteiger partial charge on any atom is 0.276 e. The third kappa shape index (κ3) is 3.73. The number of anilines is 1. The highest BCUT2D eigenvalue weighted by Gasteiger charge is 2.78. The van der Waals surface area contributed by atoms with E-state index in [4.69, 9.17) is 26.5 Å². The predicted octanol–water partition coefficient (Wildman–Crippen LogP) is -1.68. The highest BCUT2D eigenvalue weighted by molar-refractivity contribution is 7.92. The van der Waals surface area contributed by atoms with E-state index in [1.54, 1.807) is 6.92 Å². The molecular formula is C16H17N9O5S2. The SMILES string of the molecule is C[C@]12[C@@H](NC(=O)/C(=N\OCCOc3ccc(C(=N)N)nn3)c3csc(N)n3)C(=O)N1S2=O. The topological polar surface area (TPSA) is 212 Å². The molecule has 4 heterocycles. The summed E-state index contributed by atoms with van der Waals surface area (Å²) >= 11 is 1.10. The summed E-state index contributed by atoms with van der Waals surface area (Å²) in [5.41, 5.74) is 11.1. The van der Waals surface area contributed by atoms with E-state index in [2.05, 4.69) is 25.7 Å². The summed E-state index contributed by atoms with van der Waals surface area (Å²) in [6.45, 7) is 1.59. The Morgan fingerprint density at radius 3 is 2.75 bits per heavy atom. The van der Waals surface area contributed by atoms with Crippen molar-refractivity contribution in [3.63, 3.8) is 0 Å². The second kappa shape index (κ2) is 8.12. The number of carbonyl (C=O) groups is 2. The molecule has 0 aromatic carbocycles. The van der Waals surface area contributed by atoms with E-state index >= 15 is 0 Å². The normalized spacial score (nSPS) is 23.7. The second-order valence-electron chi connectivity index (χ2n) is 6.71. The number of β-lactam (4-membered cyclic amide) rings is 1. The number of fused-ring (bicyclic) bond motifs is 1. The fraction of sp³-hybridized carbons (Fsp3) is 0.312. The van der Waals surface area contributed by atoms with Crippen LogP contribution in [-0.2, 0) is 25.4 Å². The summed E-state index contributed by atoms with van der Waals surface area (Å²) in [7, 11) is -1.45. The lowest BCUT2D eigenvalue weighted by atomic mass is 10.0. The van der Waals surface area contributed by atoms with Gasteiger partial charge >= 0.3 is 0 Å². The van der Waals surface area contributed by atoms with Gasteiger partial charge in [0.05, 0.1) is 0 Å². The Balaban J connectivity index is 1.36. The molecule has 3 atom stereocenters. The minimum Gasteiger partial charge on any atom is -0.473 e. The molecule has 6 N–H and O–H groups in total. The number of aromatic nitrogens is 3. The van der Waals surface area contributed by atoms with Crippen LogP contribution in [0.3, 0.4) is 0 Å². The molecule has 16 heteroatoms. The number of nitrogens with two attached hydrogens (primary N) is 2. The summed E-state index contributed by atoms with van der Waals surface area (Å²) in [6, 6.07) is 2.05. The molecule has 4 rings (SSSR count). The number of ether oxygens (including phenoxy) is 1. The highest BCUT2D eigenvalue weighted by Crippen LogP contribution is 2.52. The summed E-state index contributed by atoms with van der Waals surface area (Å²) < 4.78 is 18.3. The van der Waals surface area contributed by atoms with Crippen molar-refractivity contribution < 1.29 is 23.4 Å². The molecule has 0 saturated carbocycles. The third-order valence-electron chi connectivity index (χ3n) is 4.62. The Morgan fingerprint density at radius 1 is 1.41 bits per heavy atom. The van der Waals surface area contributed by atoms with Gasteiger partial charge in [-0.15, -0.1) is 21.5 Å². The van der Waals surface area contributed by atoms with Crippen LogP contribution in [0.15, 0.2) is 22.7 Å². The Kier molecular flexibility index (Phi) is 5.47. The van der Waals surface area contributed by atoms with Gasteiger partial charge in [0.2, 0.25) is 5.88 Å². The number of nitrogen functional groups attached to an aromatic ring is 2. The fourth-order valence-corrected chi connectivity index (χ4v) is 4.86. The molecule has 2 aliphatic heterocycles. The van der Waals surface area contributed by atoms with Crippen LogP contribution >= 0.6 is 11.3 Å². The molecule has 2 saturated heterocycles. The zero-order valence-corrected chi connectivity index (χ0v) is 18.1. The Hall–Kier alpha value is -3.66. The zero-order chi connectivity index (χ0) is 23.0. The van der Waals surface area contributed by atoms with E-state index in [1.807, 2.05) is 0 Å². The lowest BCUT2D eigenvalue weighted by Crippen LogP contribution is -2.62. The van der Waals surface area contributed by atoms with Gasteiger partial charge in [-0.05, 0) is 13.0 Å². The van der Waals surface area contributed by atoms with Crippen molar-refractivity contribution in [1.29, 1.82) is 5.41 Å². The molecule has 2 aromatic heterocycles. The molecular weight excluding hydrogens is 462 g/mol. The number of hydrogen-bond acceptors (Lipinski definition) is 12. The van der Waals surface area contributed by atoms with Crippen LogP contribution in [-0.4, -0.2) is 71.2 Å². The zero-order valence-electron chi connectivity index (χ0n) is 16.5. The second-order valence-corrected chi connectivity index (χ2v) is 9.29. The smallest absolute Gasteiger partial charge is 0.276 e. The van der Waals surface area contributed by atoms with Crippen molar-refractivity contribution in [2.24, 2.45) is 10.9 Å². The number of amidine groups is 1. The number of oxime groups is 1. The van der Waals surface area contributed by atoms with Crippen molar-refractivity contribution in [3.8, 4) is 5.88 Å². The Labute approximate surface area is 187 Å². The Morgan fingerprint density at radius 2 is 2.19 bits per heavy atom. The molecule has 0 spiro atoms. The molecule has 2 amide bonds.